The van der Waals surface area contributed by atoms with Gasteiger partial charge in [-0.25, -0.2) is 0 Å². The van der Waals surface area contributed by atoms with Crippen molar-refractivity contribution in [1.29, 1.82) is 0 Å². The molecule has 0 saturated carbocycles. The first kappa shape index (κ1) is 30.5. The number of nitrogens with zero attached hydrogens (tertiary/aromatic N) is 2. The van der Waals surface area contributed by atoms with Crippen LogP contribution < -0.4 is 15.5 Å². The van der Waals surface area contributed by atoms with Gasteiger partial charge in [-0.15, -0.1) is 0 Å². The Balaban J connectivity index is 1.50. The number of aliphatic hydroxyl groups is 1. The van der Waals surface area contributed by atoms with Crippen LogP contribution >= 0.6 is 19.7 Å². The molecule has 2 aliphatic heterocycles. The van der Waals surface area contributed by atoms with Gasteiger partial charge in [0.15, 0.2) is 0 Å². The number of hydrogen-bond acceptors (Lipinski definition) is 11. The van der Waals surface area contributed by atoms with E-state index in [0.29, 0.717) is 27.3 Å². The van der Waals surface area contributed by atoms with Crippen LogP contribution in [-0.4, -0.2) is 64.5 Å². The average molecular weight is 610 g/mol. The first-order valence-electron chi connectivity index (χ1n) is 12.3. The quantitative estimate of drug-likeness (QED) is 0.298. The summed E-state index contributed by atoms with van der Waals surface area (Å²) < 4.78 is 57.0. The standard InChI is InChI=1S/C24H31ClF2N3O9P/c1-23(2,21(32)36-4)12-17-19(31)24(26,27)20(38-17)30-9-7-18(28-22(30)33)29-40(34)37-10-8-15(39-40)13-5-6-16(35-3)14(25)11-13/h5-7,9,11,15,17,19-20,31,34,40H,8,10,12H2,1-4H3,(H,28,29,33)/t15?,17-,19-,20-/m1/s1. The van der Waals surface area contributed by atoms with Crippen LogP contribution in [0.2, 0.25) is 5.02 Å². The van der Waals surface area contributed by atoms with Crippen molar-refractivity contribution in [1.82, 2.24) is 9.55 Å². The summed E-state index contributed by atoms with van der Waals surface area (Å²) in [5, 5.41) is 13.2. The molecule has 4 rings (SSSR count). The van der Waals surface area contributed by atoms with Gasteiger partial charge in [0.25, 0.3) is 0 Å². The van der Waals surface area contributed by atoms with Gasteiger partial charge in [0.2, 0.25) is 0 Å². The van der Waals surface area contributed by atoms with Crippen LogP contribution in [0, 0.1) is 5.41 Å². The molecule has 4 atom stereocenters. The number of hydrogen-bond donors (Lipinski definition) is 3. The van der Waals surface area contributed by atoms with Crippen molar-refractivity contribution in [3.63, 3.8) is 0 Å². The zero-order valence-corrected chi connectivity index (χ0v) is 23.9. The van der Waals surface area contributed by atoms with Crippen LogP contribution in [0.3, 0.4) is 0 Å². The van der Waals surface area contributed by atoms with Crippen molar-refractivity contribution >= 4 is 31.5 Å². The summed E-state index contributed by atoms with van der Waals surface area (Å²) >= 11 is 6.20. The predicted octanol–water partition coefficient (Wildman–Crippen LogP) is 3.38. The number of esters is 1. The number of rotatable bonds is 8. The number of carbonyl (C=O) groups excluding carboxylic acids is 1. The number of alkyl halides is 2. The van der Waals surface area contributed by atoms with Crippen LogP contribution in [0.5, 0.6) is 5.75 Å². The number of anilines is 1. The van der Waals surface area contributed by atoms with Gasteiger partial charge in [-0.2, -0.15) is 0 Å². The van der Waals surface area contributed by atoms with E-state index in [2.05, 4.69) is 14.8 Å². The van der Waals surface area contributed by atoms with E-state index in [9.17, 15) is 19.6 Å². The fraction of sp³-hybridized carbons (Fsp3) is 0.542. The third kappa shape index (κ3) is 6.08. The molecule has 0 bridgehead atoms. The topological polar surface area (TPSA) is 151 Å². The van der Waals surface area contributed by atoms with E-state index in [0.717, 1.165) is 19.4 Å². The second kappa shape index (κ2) is 11.4. The Bertz CT molecular complexity index is 1320. The van der Waals surface area contributed by atoms with E-state index in [1.807, 2.05) is 0 Å². The number of methoxy groups -OCH3 is 2. The molecule has 16 heteroatoms. The summed E-state index contributed by atoms with van der Waals surface area (Å²) in [6.45, 7) is 3.04. The molecule has 2 aliphatic rings. The van der Waals surface area contributed by atoms with Crippen LogP contribution in [0.4, 0.5) is 14.6 Å². The molecule has 40 heavy (non-hydrogen) atoms. The molecule has 0 aliphatic carbocycles. The molecule has 3 N–H and O–H groups in total. The van der Waals surface area contributed by atoms with Gasteiger partial charge >= 0.3 is 227 Å². The van der Waals surface area contributed by atoms with Gasteiger partial charge < -0.3 is 0 Å². The molecule has 0 spiro atoms. The summed E-state index contributed by atoms with van der Waals surface area (Å²) in [5.74, 6) is -4.27. The normalized spacial score (nSPS) is 26.6. The van der Waals surface area contributed by atoms with Crippen molar-refractivity contribution < 1.29 is 46.8 Å². The van der Waals surface area contributed by atoms with Crippen molar-refractivity contribution in [2.45, 2.75) is 57.2 Å². The van der Waals surface area contributed by atoms with Crippen molar-refractivity contribution in [3.8, 4) is 5.75 Å². The molecule has 1 aromatic carbocycles. The molecule has 222 valence electrons. The fourth-order valence-electron chi connectivity index (χ4n) is 4.59. The Hall–Kier alpha value is -2.45. The Morgan fingerprint density at radius 2 is 2.08 bits per heavy atom. The average Bonchev–Trinajstić information content (AvgIpc) is 3.11. The maximum atomic E-state index is 15.0. The van der Waals surface area contributed by atoms with Gasteiger partial charge in [-0.05, 0) is 0 Å². The predicted molar refractivity (Wildman–Crippen MR) is 140 cm³/mol. The van der Waals surface area contributed by atoms with Gasteiger partial charge in [0, 0.05) is 0 Å². The SMILES string of the molecule is COC(=O)C(C)(C)C[C@H]1O[C@@H](n2ccc(N[PH]3(O)OCCC(c4ccc(OC)c(Cl)c4)O3)nc2=O)C(F)(F)[C@@H]1O. The summed E-state index contributed by atoms with van der Waals surface area (Å²) in [6, 6.07) is 6.18. The molecule has 12 nitrogen and oxygen atoms in total. The first-order valence-corrected chi connectivity index (χ1v) is 14.4. The van der Waals surface area contributed by atoms with Crippen molar-refractivity contribution in [3.05, 3.63) is 51.5 Å². The third-order valence-electron chi connectivity index (χ3n) is 6.72. The molecule has 3 heterocycles. The van der Waals surface area contributed by atoms with Gasteiger partial charge in [-0.3, -0.25) is 0 Å². The number of aromatic nitrogens is 2. The van der Waals surface area contributed by atoms with Crippen molar-refractivity contribution in [2.24, 2.45) is 5.41 Å². The Kier molecular flexibility index (Phi) is 8.72. The number of halogens is 3. The summed E-state index contributed by atoms with van der Waals surface area (Å²) in [7, 11) is -1.48. The summed E-state index contributed by atoms with van der Waals surface area (Å²) in [6.07, 6.45) is -5.47. The van der Waals surface area contributed by atoms with Crippen LogP contribution in [0.25, 0.3) is 0 Å². The summed E-state index contributed by atoms with van der Waals surface area (Å²) in [5.41, 5.74) is -1.73. The van der Waals surface area contributed by atoms with E-state index >= 15 is 8.78 Å². The Morgan fingerprint density at radius 1 is 1.35 bits per heavy atom. The Labute approximate surface area is 233 Å². The van der Waals surface area contributed by atoms with Crippen LogP contribution in [0.1, 0.15) is 44.6 Å². The zero-order valence-electron chi connectivity index (χ0n) is 22.1. The van der Waals surface area contributed by atoms with E-state index in [1.54, 1.807) is 18.2 Å². The molecule has 0 radical (unpaired) electrons. The minimum absolute atomic E-state index is 0.116. The van der Waals surface area contributed by atoms with E-state index in [4.69, 9.17) is 30.1 Å². The molecular weight excluding hydrogens is 579 g/mol. The molecule has 1 aromatic heterocycles. The number of aliphatic hydroxyl groups excluding tert-OH is 1. The second-order valence-electron chi connectivity index (χ2n) is 10.1. The van der Waals surface area contributed by atoms with E-state index < -0.39 is 55.6 Å². The van der Waals surface area contributed by atoms with Gasteiger partial charge in [0.1, 0.15) is 0 Å². The molecule has 0 amide bonds. The van der Waals surface area contributed by atoms with E-state index in [1.165, 1.54) is 21.0 Å². The van der Waals surface area contributed by atoms with E-state index in [-0.39, 0.29) is 18.8 Å². The molecular formula is C24H31ClF2N3O9P. The Morgan fingerprint density at radius 3 is 2.70 bits per heavy atom. The molecule has 2 saturated heterocycles. The van der Waals surface area contributed by atoms with Gasteiger partial charge in [-0.1, -0.05) is 0 Å². The fourth-order valence-corrected chi connectivity index (χ4v) is 6.56. The molecule has 2 fully saturated rings. The zero-order chi connectivity index (χ0) is 29.5. The number of ether oxygens (including phenoxy) is 3. The van der Waals surface area contributed by atoms with Crippen LogP contribution in [-0.2, 0) is 23.3 Å². The second-order valence-corrected chi connectivity index (χ2v) is 12.4. The molecule has 1 unspecified atom stereocenters. The number of nitrogens with one attached hydrogen (secondary N) is 1. The number of carbonyl (C=O) groups is 1. The molecule has 2 aromatic rings. The maximum absolute atomic E-state index is 15.0. The number of benzene rings is 1. The minimum atomic E-state index is -4.12. The first-order chi connectivity index (χ1) is 18.7. The van der Waals surface area contributed by atoms with Gasteiger partial charge in [0.05, 0.1) is 7.11 Å². The summed E-state index contributed by atoms with van der Waals surface area (Å²) in [4.78, 5) is 39.5. The monoisotopic (exact) mass is 609 g/mol. The third-order valence-corrected chi connectivity index (χ3v) is 8.79. The van der Waals surface area contributed by atoms with Crippen molar-refractivity contribution in [2.75, 3.05) is 25.9 Å². The van der Waals surface area contributed by atoms with Crippen LogP contribution in [0.15, 0.2) is 35.3 Å².